The van der Waals surface area contributed by atoms with Crippen molar-refractivity contribution in [2.24, 2.45) is 5.92 Å². The zero-order chi connectivity index (χ0) is 24.5. The van der Waals surface area contributed by atoms with Gasteiger partial charge in [-0.1, -0.05) is 0 Å². The summed E-state index contributed by atoms with van der Waals surface area (Å²) in [5, 5.41) is 4.93. The first-order valence-corrected chi connectivity index (χ1v) is 11.9. The first kappa shape index (κ1) is 24.0. The van der Waals surface area contributed by atoms with Crippen LogP contribution in [0.2, 0.25) is 0 Å². The fourth-order valence-electron chi connectivity index (χ4n) is 3.76. The molecule has 34 heavy (non-hydrogen) atoms. The van der Waals surface area contributed by atoms with Crippen LogP contribution in [0.4, 0.5) is 9.39 Å². The summed E-state index contributed by atoms with van der Waals surface area (Å²) < 4.78 is 14.4. The van der Waals surface area contributed by atoms with Crippen molar-refractivity contribution in [3.05, 3.63) is 53.9 Å². The summed E-state index contributed by atoms with van der Waals surface area (Å²) in [5.41, 5.74) is 3.10. The van der Waals surface area contributed by atoms with Gasteiger partial charge in [-0.15, -0.1) is 11.3 Å². The molecule has 1 fully saturated rings. The van der Waals surface area contributed by atoms with Gasteiger partial charge in [0, 0.05) is 35.6 Å². The fraction of sp³-hybridized carbons (Fsp3) is 0.417. The maximum atomic E-state index is 13.5. The number of amides is 2. The Balaban J connectivity index is 1.46. The molecule has 0 bridgehead atoms. The van der Waals surface area contributed by atoms with Gasteiger partial charge >= 0.3 is 0 Å². The van der Waals surface area contributed by atoms with Crippen LogP contribution in [0.5, 0.6) is 0 Å². The molecule has 8 nitrogen and oxygen atoms in total. The minimum atomic E-state index is -0.489. The van der Waals surface area contributed by atoms with E-state index < -0.39 is 5.60 Å². The summed E-state index contributed by atoms with van der Waals surface area (Å²) in [6, 6.07) is 5.03. The van der Waals surface area contributed by atoms with Crippen LogP contribution in [-0.4, -0.2) is 45.4 Å². The monoisotopic (exact) mass is 485 g/mol. The number of likely N-dealkylation sites (tertiary alicyclic amines) is 1. The van der Waals surface area contributed by atoms with E-state index in [4.69, 9.17) is 4.84 Å². The number of nitrogens with zero attached hydrogens (tertiary/aromatic N) is 3. The maximum Gasteiger partial charge on any atom is 0.273 e. The molecule has 0 radical (unpaired) electrons. The topological polar surface area (TPSA) is 96.5 Å². The van der Waals surface area contributed by atoms with Crippen LogP contribution < -0.4 is 10.8 Å². The number of hydrogen-bond acceptors (Lipinski definition) is 7. The number of fused-ring (bicyclic) bond motifs is 1. The third kappa shape index (κ3) is 5.51. The molecule has 4 heterocycles. The highest BCUT2D eigenvalue weighted by atomic mass is 32.1. The Hall–Kier alpha value is -3.11. The van der Waals surface area contributed by atoms with Crippen molar-refractivity contribution < 1.29 is 18.8 Å². The molecule has 2 N–H and O–H groups in total. The normalized spacial score (nSPS) is 17.1. The van der Waals surface area contributed by atoms with Gasteiger partial charge in [0.1, 0.15) is 11.5 Å². The van der Waals surface area contributed by atoms with Crippen LogP contribution in [-0.2, 0) is 9.63 Å². The van der Waals surface area contributed by atoms with E-state index in [9.17, 15) is 14.0 Å². The number of carbonyl (C=O) groups excluding carboxylic acids is 2. The second-order valence-electron chi connectivity index (χ2n) is 9.40. The van der Waals surface area contributed by atoms with E-state index in [1.807, 2.05) is 39.8 Å². The molecule has 0 aromatic carbocycles. The van der Waals surface area contributed by atoms with Gasteiger partial charge in [-0.2, -0.15) is 0 Å². The van der Waals surface area contributed by atoms with Crippen LogP contribution in [0.15, 0.2) is 36.8 Å². The molecule has 0 aliphatic carbocycles. The highest BCUT2D eigenvalue weighted by Crippen LogP contribution is 2.34. The molecular weight excluding hydrogens is 457 g/mol. The van der Waals surface area contributed by atoms with Crippen molar-refractivity contribution in [3.63, 3.8) is 0 Å². The summed E-state index contributed by atoms with van der Waals surface area (Å²) in [4.78, 5) is 41.0. The van der Waals surface area contributed by atoms with Crippen molar-refractivity contribution in [3.8, 4) is 0 Å². The Morgan fingerprint density at radius 3 is 2.82 bits per heavy atom. The van der Waals surface area contributed by atoms with E-state index in [0.29, 0.717) is 25.2 Å². The first-order valence-electron chi connectivity index (χ1n) is 11.1. The quantitative estimate of drug-likeness (QED) is 0.505. The van der Waals surface area contributed by atoms with E-state index in [1.165, 1.54) is 23.6 Å². The molecule has 1 saturated heterocycles. The van der Waals surface area contributed by atoms with Crippen molar-refractivity contribution in [1.82, 2.24) is 20.3 Å². The third-order valence-electron chi connectivity index (χ3n) is 5.54. The van der Waals surface area contributed by atoms with Crippen molar-refractivity contribution in [2.75, 3.05) is 18.4 Å². The number of aromatic nitrogens is 2. The number of anilines is 1. The average molecular weight is 486 g/mol. The summed E-state index contributed by atoms with van der Waals surface area (Å²) in [6.45, 7) is 8.26. The number of halogens is 1. The van der Waals surface area contributed by atoms with E-state index in [-0.39, 0.29) is 29.6 Å². The number of carbonyl (C=O) groups is 2. The van der Waals surface area contributed by atoms with Crippen LogP contribution in [0.3, 0.4) is 0 Å². The van der Waals surface area contributed by atoms with Gasteiger partial charge in [0.25, 0.3) is 5.91 Å². The number of rotatable bonds is 6. The minimum Gasteiger partial charge on any atom is -0.370 e. The fourth-order valence-corrected chi connectivity index (χ4v) is 4.81. The van der Waals surface area contributed by atoms with E-state index in [0.717, 1.165) is 20.7 Å². The van der Waals surface area contributed by atoms with Crippen LogP contribution in [0, 0.1) is 11.7 Å². The van der Waals surface area contributed by atoms with Gasteiger partial charge in [0.05, 0.1) is 28.8 Å². The number of pyridine rings is 2. The van der Waals surface area contributed by atoms with Gasteiger partial charge in [-0.3, -0.25) is 24.4 Å². The molecule has 1 aliphatic heterocycles. The Labute approximate surface area is 201 Å². The number of hydroxylamine groups is 1. The van der Waals surface area contributed by atoms with Crippen LogP contribution in [0.25, 0.3) is 10.1 Å². The standard InChI is InChI=1S/C24H28FN5O3S/c1-14(16-9-17(25)12-26-11-16)28-20-10-18-19(34-20)5-7-27-21(18)23(32)30-8-6-15(13-30)22(31)29-33-24(2,3)4/h5,7,9-12,14-15,28H,6,8,13H2,1-4H3,(H,29,31)/t14-,15?/m0/s1. The highest BCUT2D eigenvalue weighted by molar-refractivity contribution is 7.22. The van der Waals surface area contributed by atoms with Gasteiger partial charge in [0.15, 0.2) is 0 Å². The lowest BCUT2D eigenvalue weighted by molar-refractivity contribution is -0.149. The number of hydrogen-bond donors (Lipinski definition) is 2. The predicted octanol–water partition coefficient (Wildman–Crippen LogP) is 4.31. The molecule has 180 valence electrons. The summed E-state index contributed by atoms with van der Waals surface area (Å²) in [7, 11) is 0. The second kappa shape index (κ2) is 9.63. The largest absolute Gasteiger partial charge is 0.370 e. The predicted molar refractivity (Wildman–Crippen MR) is 129 cm³/mol. The zero-order valence-electron chi connectivity index (χ0n) is 19.6. The lowest BCUT2D eigenvalue weighted by Crippen LogP contribution is -2.38. The molecule has 3 aromatic heterocycles. The van der Waals surface area contributed by atoms with Gasteiger partial charge in [-0.05, 0) is 57.9 Å². The molecule has 10 heteroatoms. The van der Waals surface area contributed by atoms with Crippen molar-refractivity contribution >= 4 is 38.2 Å². The van der Waals surface area contributed by atoms with Crippen molar-refractivity contribution in [2.45, 2.75) is 45.8 Å². The molecule has 1 aliphatic rings. The summed E-state index contributed by atoms with van der Waals surface area (Å²) in [6.07, 6.45) is 4.98. The van der Waals surface area contributed by atoms with E-state index in [1.54, 1.807) is 17.3 Å². The zero-order valence-corrected chi connectivity index (χ0v) is 20.4. The Morgan fingerprint density at radius 1 is 1.29 bits per heavy atom. The van der Waals surface area contributed by atoms with Crippen molar-refractivity contribution in [1.29, 1.82) is 0 Å². The Morgan fingerprint density at radius 2 is 2.09 bits per heavy atom. The second-order valence-corrected chi connectivity index (χ2v) is 10.5. The molecule has 4 rings (SSSR count). The lowest BCUT2D eigenvalue weighted by Gasteiger charge is -2.21. The van der Waals surface area contributed by atoms with Gasteiger partial charge < -0.3 is 10.2 Å². The maximum absolute atomic E-state index is 13.5. The highest BCUT2D eigenvalue weighted by Gasteiger charge is 2.33. The van der Waals surface area contributed by atoms with E-state index in [2.05, 4.69) is 20.8 Å². The molecule has 0 saturated carbocycles. The SMILES string of the molecule is C[C@H](Nc1cc2c(C(=O)N3CCC(C(=O)NOC(C)(C)C)C3)nccc2s1)c1cncc(F)c1. The number of nitrogens with one attached hydrogen (secondary N) is 2. The van der Waals surface area contributed by atoms with Crippen LogP contribution in [0.1, 0.15) is 56.2 Å². The molecule has 3 aromatic rings. The first-order chi connectivity index (χ1) is 16.1. The summed E-state index contributed by atoms with van der Waals surface area (Å²) >= 11 is 1.50. The van der Waals surface area contributed by atoms with Gasteiger partial charge in [0.2, 0.25) is 5.91 Å². The molecule has 2 amide bonds. The Bertz CT molecular complexity index is 1210. The molecule has 1 unspecified atom stereocenters. The lowest BCUT2D eigenvalue weighted by atomic mass is 10.1. The van der Waals surface area contributed by atoms with Crippen LogP contribution >= 0.6 is 11.3 Å². The minimum absolute atomic E-state index is 0.170. The summed E-state index contributed by atoms with van der Waals surface area (Å²) in [5.74, 6) is -1.14. The smallest absolute Gasteiger partial charge is 0.273 e. The average Bonchev–Trinajstić information content (AvgIpc) is 3.43. The van der Waals surface area contributed by atoms with Gasteiger partial charge in [-0.25, -0.2) is 9.87 Å². The molecule has 0 spiro atoms. The van der Waals surface area contributed by atoms with E-state index >= 15 is 0 Å². The number of thiophene rings is 1. The molecular formula is C24H28FN5O3S. The third-order valence-corrected chi connectivity index (χ3v) is 6.57. The Kier molecular flexibility index (Phi) is 6.81. The molecule has 2 atom stereocenters.